The van der Waals surface area contributed by atoms with Crippen LogP contribution in [0.3, 0.4) is 0 Å². The van der Waals surface area contributed by atoms with Crippen molar-refractivity contribution >= 4 is 22.9 Å². The first-order valence-electron chi connectivity index (χ1n) is 6.63. The van der Waals surface area contributed by atoms with E-state index >= 15 is 0 Å². The third-order valence-corrected chi connectivity index (χ3v) is 4.29. The van der Waals surface area contributed by atoms with Crippen LogP contribution in [0, 0.1) is 0 Å². The minimum Gasteiger partial charge on any atom is -0.396 e. The van der Waals surface area contributed by atoms with E-state index in [2.05, 4.69) is 22.3 Å². The van der Waals surface area contributed by atoms with Crippen molar-refractivity contribution in [1.29, 1.82) is 0 Å². The molecule has 0 radical (unpaired) electrons. The first-order chi connectivity index (χ1) is 9.55. The Morgan fingerprint density at radius 3 is 2.85 bits per heavy atom. The maximum absolute atomic E-state index is 12.2. The molecule has 7 heteroatoms. The Labute approximate surface area is 122 Å². The number of nitrogens with one attached hydrogen (secondary N) is 1. The number of nitrogens with zero attached hydrogens (tertiary/aromatic N) is 3. The van der Waals surface area contributed by atoms with Gasteiger partial charge in [0.05, 0.1) is 11.7 Å². The van der Waals surface area contributed by atoms with Crippen LogP contribution in [-0.2, 0) is 13.0 Å². The lowest BCUT2D eigenvalue weighted by atomic mass is 10.3. The number of aromatic nitrogens is 3. The van der Waals surface area contributed by atoms with Crippen LogP contribution in [-0.4, -0.2) is 20.7 Å². The van der Waals surface area contributed by atoms with E-state index in [0.29, 0.717) is 12.2 Å². The van der Waals surface area contributed by atoms with Crippen molar-refractivity contribution in [2.24, 2.45) is 0 Å². The molecule has 0 aromatic carbocycles. The van der Waals surface area contributed by atoms with E-state index in [1.54, 1.807) is 22.2 Å². The predicted octanol–water partition coefficient (Wildman–Crippen LogP) is 2.00. The van der Waals surface area contributed by atoms with E-state index in [9.17, 15) is 4.79 Å². The summed E-state index contributed by atoms with van der Waals surface area (Å²) in [6.45, 7) is 6.61. The zero-order valence-electron chi connectivity index (χ0n) is 11.9. The molecule has 20 heavy (non-hydrogen) atoms. The molecule has 1 unspecified atom stereocenters. The summed E-state index contributed by atoms with van der Waals surface area (Å²) in [6, 6.07) is -0.154. The SMILES string of the molecule is CCc1cnc(C(C)NC(=O)c2nn(CC)cc2N)s1. The number of nitrogens with two attached hydrogens (primary N) is 1. The van der Waals surface area contributed by atoms with Crippen molar-refractivity contribution in [2.45, 2.75) is 39.8 Å². The van der Waals surface area contributed by atoms with Gasteiger partial charge in [0.2, 0.25) is 0 Å². The Hall–Kier alpha value is -1.89. The lowest BCUT2D eigenvalue weighted by Crippen LogP contribution is -2.27. The standard InChI is InChI=1S/C13H19N5OS/c1-4-9-6-15-13(20-9)8(3)16-12(19)11-10(14)7-18(5-2)17-11/h6-8H,4-5,14H2,1-3H3,(H,16,19). The molecule has 108 valence electrons. The molecular formula is C13H19N5OS. The van der Waals surface area contributed by atoms with Gasteiger partial charge in [-0.25, -0.2) is 4.98 Å². The van der Waals surface area contributed by atoms with E-state index in [-0.39, 0.29) is 17.6 Å². The van der Waals surface area contributed by atoms with Crippen LogP contribution in [0.25, 0.3) is 0 Å². The smallest absolute Gasteiger partial charge is 0.274 e. The molecule has 0 aliphatic carbocycles. The highest BCUT2D eigenvalue weighted by Gasteiger charge is 2.19. The highest BCUT2D eigenvalue weighted by molar-refractivity contribution is 7.11. The number of nitrogen functional groups attached to an aromatic ring is 1. The molecule has 0 saturated carbocycles. The molecule has 0 bridgehead atoms. The summed E-state index contributed by atoms with van der Waals surface area (Å²) in [5, 5.41) is 7.93. The second-order valence-corrected chi connectivity index (χ2v) is 5.65. The van der Waals surface area contributed by atoms with E-state index in [4.69, 9.17) is 5.73 Å². The number of carbonyl (C=O) groups excluding carboxylic acids is 1. The maximum Gasteiger partial charge on any atom is 0.274 e. The Balaban J connectivity index is 2.08. The Bertz CT molecular complexity index is 604. The van der Waals surface area contributed by atoms with Crippen molar-refractivity contribution in [3.8, 4) is 0 Å². The summed E-state index contributed by atoms with van der Waals surface area (Å²) in [6.07, 6.45) is 4.47. The van der Waals surface area contributed by atoms with Crippen molar-refractivity contribution < 1.29 is 4.79 Å². The number of rotatable bonds is 5. The Morgan fingerprint density at radius 1 is 1.55 bits per heavy atom. The van der Waals surface area contributed by atoms with Crippen molar-refractivity contribution in [1.82, 2.24) is 20.1 Å². The maximum atomic E-state index is 12.2. The monoisotopic (exact) mass is 293 g/mol. The van der Waals surface area contributed by atoms with Crippen LogP contribution in [0.4, 0.5) is 5.69 Å². The number of hydrogen-bond donors (Lipinski definition) is 2. The number of hydrogen-bond acceptors (Lipinski definition) is 5. The van der Waals surface area contributed by atoms with Gasteiger partial charge in [-0.15, -0.1) is 11.3 Å². The molecule has 2 aromatic rings. The second kappa shape index (κ2) is 6.04. The van der Waals surface area contributed by atoms with Gasteiger partial charge in [0.1, 0.15) is 5.01 Å². The van der Waals surface area contributed by atoms with Gasteiger partial charge in [-0.2, -0.15) is 5.10 Å². The lowest BCUT2D eigenvalue weighted by molar-refractivity contribution is 0.0935. The molecule has 0 fully saturated rings. The molecule has 0 saturated heterocycles. The van der Waals surface area contributed by atoms with Crippen molar-refractivity contribution in [3.05, 3.63) is 28.0 Å². The van der Waals surface area contributed by atoms with E-state index in [1.165, 1.54) is 4.88 Å². The summed E-state index contributed by atoms with van der Waals surface area (Å²) in [7, 11) is 0. The molecular weight excluding hydrogens is 274 g/mol. The van der Waals surface area contributed by atoms with Crippen molar-refractivity contribution in [2.75, 3.05) is 5.73 Å². The fraction of sp³-hybridized carbons (Fsp3) is 0.462. The largest absolute Gasteiger partial charge is 0.396 e. The minimum atomic E-state index is -0.268. The highest BCUT2D eigenvalue weighted by Crippen LogP contribution is 2.21. The number of aryl methyl sites for hydroxylation is 2. The molecule has 2 heterocycles. The van der Waals surface area contributed by atoms with Gasteiger partial charge in [0.15, 0.2) is 5.69 Å². The third-order valence-electron chi connectivity index (χ3n) is 2.97. The zero-order chi connectivity index (χ0) is 14.7. The van der Waals surface area contributed by atoms with Gasteiger partial charge in [-0.3, -0.25) is 9.48 Å². The topological polar surface area (TPSA) is 85.8 Å². The quantitative estimate of drug-likeness (QED) is 0.882. The van der Waals surface area contributed by atoms with Gasteiger partial charge in [-0.1, -0.05) is 6.92 Å². The molecule has 0 aliphatic rings. The molecule has 2 aromatic heterocycles. The molecule has 1 atom stereocenters. The molecule has 3 N–H and O–H groups in total. The average molecular weight is 293 g/mol. The van der Waals surface area contributed by atoms with Gasteiger partial charge in [0.25, 0.3) is 5.91 Å². The molecule has 1 amide bonds. The zero-order valence-corrected chi connectivity index (χ0v) is 12.7. The average Bonchev–Trinajstić information content (AvgIpc) is 3.04. The predicted molar refractivity (Wildman–Crippen MR) is 79.7 cm³/mol. The highest BCUT2D eigenvalue weighted by atomic mass is 32.1. The van der Waals surface area contributed by atoms with Gasteiger partial charge < -0.3 is 11.1 Å². The van der Waals surface area contributed by atoms with E-state index in [0.717, 1.165) is 11.4 Å². The molecule has 2 rings (SSSR count). The van der Waals surface area contributed by atoms with E-state index in [1.807, 2.05) is 20.0 Å². The molecule has 0 aliphatic heterocycles. The van der Waals surface area contributed by atoms with Gasteiger partial charge in [0, 0.05) is 23.8 Å². The summed E-state index contributed by atoms with van der Waals surface area (Å²) in [5.41, 5.74) is 6.46. The number of carbonyl (C=O) groups is 1. The van der Waals surface area contributed by atoms with Crippen molar-refractivity contribution in [3.63, 3.8) is 0 Å². The molecule has 0 spiro atoms. The third kappa shape index (κ3) is 2.98. The number of anilines is 1. The second-order valence-electron chi connectivity index (χ2n) is 4.50. The van der Waals surface area contributed by atoms with E-state index < -0.39 is 0 Å². The first-order valence-corrected chi connectivity index (χ1v) is 7.45. The number of thiazole rings is 1. The van der Waals surface area contributed by atoms with Crippen LogP contribution < -0.4 is 11.1 Å². The Morgan fingerprint density at radius 2 is 2.30 bits per heavy atom. The Kier molecular flexibility index (Phi) is 4.39. The summed E-state index contributed by atoms with van der Waals surface area (Å²) in [5.74, 6) is -0.268. The molecule has 6 nitrogen and oxygen atoms in total. The van der Waals surface area contributed by atoms with Gasteiger partial charge >= 0.3 is 0 Å². The normalized spacial score (nSPS) is 12.3. The summed E-state index contributed by atoms with van der Waals surface area (Å²) in [4.78, 5) is 17.7. The lowest BCUT2D eigenvalue weighted by Gasteiger charge is -2.10. The fourth-order valence-electron chi connectivity index (χ4n) is 1.79. The summed E-state index contributed by atoms with van der Waals surface area (Å²) < 4.78 is 1.65. The van der Waals surface area contributed by atoms with Crippen LogP contribution in [0.2, 0.25) is 0 Å². The van der Waals surface area contributed by atoms with Crippen LogP contribution in [0.1, 0.15) is 47.2 Å². The first kappa shape index (κ1) is 14.5. The fourth-order valence-corrected chi connectivity index (χ4v) is 2.65. The van der Waals surface area contributed by atoms with Crippen LogP contribution in [0.15, 0.2) is 12.4 Å². The van der Waals surface area contributed by atoms with Crippen LogP contribution >= 0.6 is 11.3 Å². The minimum absolute atomic E-state index is 0.154. The summed E-state index contributed by atoms with van der Waals surface area (Å²) >= 11 is 1.61. The van der Waals surface area contributed by atoms with Crippen LogP contribution in [0.5, 0.6) is 0 Å². The number of amides is 1. The van der Waals surface area contributed by atoms with Gasteiger partial charge in [-0.05, 0) is 20.3 Å².